The number of hydrogen-bond acceptors (Lipinski definition) is 2. The topological polar surface area (TPSA) is 22.4 Å². The highest BCUT2D eigenvalue weighted by molar-refractivity contribution is 5.81. The van der Waals surface area contributed by atoms with Crippen LogP contribution in [0.25, 0.3) is 11.0 Å². The van der Waals surface area contributed by atoms with E-state index in [1.165, 1.54) is 11.1 Å². The predicted molar refractivity (Wildman–Crippen MR) is 67.7 cm³/mol. The van der Waals surface area contributed by atoms with E-state index in [4.69, 9.17) is 9.15 Å². The minimum atomic E-state index is 0.535. The van der Waals surface area contributed by atoms with Gasteiger partial charge in [-0.05, 0) is 31.5 Å². The molecule has 1 aromatic heterocycles. The molecule has 0 unspecified atom stereocenters. The fraction of sp³-hybridized carbons (Fsp3) is 0.429. The molecule has 2 rings (SSSR count). The van der Waals surface area contributed by atoms with Crippen molar-refractivity contribution in [3.05, 3.63) is 35.1 Å². The smallest absolute Gasteiger partial charge is 0.137 e. The van der Waals surface area contributed by atoms with Gasteiger partial charge in [0.05, 0.1) is 0 Å². The number of methoxy groups -OCH3 is 1. The van der Waals surface area contributed by atoms with Crippen molar-refractivity contribution in [1.82, 2.24) is 0 Å². The lowest BCUT2D eigenvalue weighted by molar-refractivity contribution is 0.166. The fourth-order valence-electron chi connectivity index (χ4n) is 1.78. The van der Waals surface area contributed by atoms with Crippen molar-refractivity contribution in [3.8, 4) is 0 Å². The van der Waals surface area contributed by atoms with Crippen molar-refractivity contribution in [3.63, 3.8) is 0 Å². The Kier molecular flexibility index (Phi) is 4.56. The van der Waals surface area contributed by atoms with Crippen LogP contribution in [0.4, 0.5) is 0 Å². The molecule has 0 fully saturated rings. The molecule has 1 heterocycles. The molecular formula is C14H20O2. The first-order chi connectivity index (χ1) is 7.70. The van der Waals surface area contributed by atoms with E-state index in [9.17, 15) is 0 Å². The summed E-state index contributed by atoms with van der Waals surface area (Å²) in [5.74, 6) is 0.885. The molecule has 0 aliphatic carbocycles. The molecule has 88 valence electrons. The van der Waals surface area contributed by atoms with Gasteiger partial charge in [-0.1, -0.05) is 25.5 Å². The average Bonchev–Trinajstić information content (AvgIpc) is 2.64. The summed E-state index contributed by atoms with van der Waals surface area (Å²) in [6.45, 7) is 8.69. The molecule has 1 aromatic carbocycles. The molecule has 0 N–H and O–H groups in total. The third kappa shape index (κ3) is 2.64. The molecule has 2 nitrogen and oxygen atoms in total. The van der Waals surface area contributed by atoms with Crippen LogP contribution in [-0.4, -0.2) is 7.11 Å². The van der Waals surface area contributed by atoms with Gasteiger partial charge in [-0.15, -0.1) is 0 Å². The number of ether oxygens (including phenoxy) is 1. The van der Waals surface area contributed by atoms with Gasteiger partial charge in [-0.2, -0.15) is 0 Å². The van der Waals surface area contributed by atoms with E-state index >= 15 is 0 Å². The van der Waals surface area contributed by atoms with Gasteiger partial charge in [0, 0.05) is 12.5 Å². The highest BCUT2D eigenvalue weighted by atomic mass is 16.5. The van der Waals surface area contributed by atoms with E-state index in [1.54, 1.807) is 7.11 Å². The van der Waals surface area contributed by atoms with Crippen molar-refractivity contribution >= 4 is 11.0 Å². The summed E-state index contributed by atoms with van der Waals surface area (Å²) < 4.78 is 10.7. The van der Waals surface area contributed by atoms with Gasteiger partial charge in [-0.3, -0.25) is 0 Å². The monoisotopic (exact) mass is 220 g/mol. The van der Waals surface area contributed by atoms with Crippen molar-refractivity contribution in [2.45, 2.75) is 34.3 Å². The van der Waals surface area contributed by atoms with Gasteiger partial charge in [-0.25, -0.2) is 0 Å². The van der Waals surface area contributed by atoms with Gasteiger partial charge in [0.1, 0.15) is 18.0 Å². The van der Waals surface area contributed by atoms with Crippen LogP contribution in [0.2, 0.25) is 0 Å². The van der Waals surface area contributed by atoms with Crippen LogP contribution in [0, 0.1) is 13.8 Å². The lowest BCUT2D eigenvalue weighted by Gasteiger charge is -1.96. The van der Waals surface area contributed by atoms with E-state index in [-0.39, 0.29) is 0 Å². The largest absolute Gasteiger partial charge is 0.458 e. The Balaban J connectivity index is 0.000000606. The minimum Gasteiger partial charge on any atom is -0.458 e. The molecular weight excluding hydrogens is 200 g/mol. The SMILES string of the molecule is CC.COCc1cc2cc(C)cc(C)c2o1. The summed E-state index contributed by atoms with van der Waals surface area (Å²) in [7, 11) is 1.67. The van der Waals surface area contributed by atoms with E-state index < -0.39 is 0 Å². The molecule has 0 bridgehead atoms. The summed E-state index contributed by atoms with van der Waals surface area (Å²) in [5.41, 5.74) is 3.42. The van der Waals surface area contributed by atoms with Crippen LogP contribution in [0.15, 0.2) is 22.6 Å². The molecule has 0 saturated carbocycles. The first-order valence-electron chi connectivity index (χ1n) is 5.69. The molecule has 0 spiro atoms. The first-order valence-corrected chi connectivity index (χ1v) is 5.69. The summed E-state index contributed by atoms with van der Waals surface area (Å²) in [5, 5.41) is 1.16. The van der Waals surface area contributed by atoms with Crippen LogP contribution in [0.5, 0.6) is 0 Å². The van der Waals surface area contributed by atoms with Crippen molar-refractivity contribution in [1.29, 1.82) is 0 Å². The molecule has 0 saturated heterocycles. The van der Waals surface area contributed by atoms with Crippen LogP contribution >= 0.6 is 0 Å². The second-order valence-electron chi connectivity index (χ2n) is 3.65. The standard InChI is InChI=1S/C12H14O2.C2H6/c1-8-4-9(2)12-10(5-8)6-11(14-12)7-13-3;1-2/h4-6H,7H2,1-3H3;1-2H3. The van der Waals surface area contributed by atoms with Crippen LogP contribution in [0.1, 0.15) is 30.7 Å². The third-order valence-electron chi connectivity index (χ3n) is 2.28. The summed E-state index contributed by atoms with van der Waals surface area (Å²) in [6, 6.07) is 6.30. The predicted octanol–water partition coefficient (Wildman–Crippen LogP) is 4.22. The second kappa shape index (κ2) is 5.71. The molecule has 2 heteroatoms. The highest BCUT2D eigenvalue weighted by Gasteiger charge is 2.06. The van der Waals surface area contributed by atoms with Crippen molar-refractivity contribution in [2.75, 3.05) is 7.11 Å². The zero-order valence-electron chi connectivity index (χ0n) is 10.8. The van der Waals surface area contributed by atoms with Gasteiger partial charge >= 0.3 is 0 Å². The maximum absolute atomic E-state index is 5.67. The fourth-order valence-corrected chi connectivity index (χ4v) is 1.78. The first kappa shape index (κ1) is 12.8. The number of rotatable bonds is 2. The minimum absolute atomic E-state index is 0.535. The number of benzene rings is 1. The quantitative estimate of drug-likeness (QED) is 0.756. The Morgan fingerprint density at radius 3 is 2.44 bits per heavy atom. The molecule has 0 amide bonds. The van der Waals surface area contributed by atoms with Gasteiger partial charge < -0.3 is 9.15 Å². The zero-order valence-corrected chi connectivity index (χ0v) is 10.8. The highest BCUT2D eigenvalue weighted by Crippen LogP contribution is 2.24. The van der Waals surface area contributed by atoms with Gasteiger partial charge in [0.15, 0.2) is 0 Å². The number of hydrogen-bond donors (Lipinski definition) is 0. The Morgan fingerprint density at radius 2 is 1.81 bits per heavy atom. The Labute approximate surface area is 97.2 Å². The lowest BCUT2D eigenvalue weighted by atomic mass is 10.1. The van der Waals surface area contributed by atoms with Gasteiger partial charge in [0.2, 0.25) is 0 Å². The summed E-state index contributed by atoms with van der Waals surface area (Å²) in [4.78, 5) is 0. The van der Waals surface area contributed by atoms with E-state index in [0.717, 1.165) is 16.7 Å². The Hall–Kier alpha value is -1.28. The zero-order chi connectivity index (χ0) is 12.1. The van der Waals surface area contributed by atoms with Crippen LogP contribution in [-0.2, 0) is 11.3 Å². The number of fused-ring (bicyclic) bond motifs is 1. The van der Waals surface area contributed by atoms with E-state index in [0.29, 0.717) is 6.61 Å². The van der Waals surface area contributed by atoms with Crippen molar-refractivity contribution in [2.24, 2.45) is 0 Å². The average molecular weight is 220 g/mol. The molecule has 2 aromatic rings. The van der Waals surface area contributed by atoms with Crippen molar-refractivity contribution < 1.29 is 9.15 Å². The molecule has 0 aliphatic heterocycles. The summed E-state index contributed by atoms with van der Waals surface area (Å²) >= 11 is 0. The molecule has 0 atom stereocenters. The second-order valence-corrected chi connectivity index (χ2v) is 3.65. The maximum atomic E-state index is 5.67. The lowest BCUT2D eigenvalue weighted by Crippen LogP contribution is -1.81. The Bertz CT molecular complexity index is 455. The maximum Gasteiger partial charge on any atom is 0.137 e. The molecule has 16 heavy (non-hydrogen) atoms. The van der Waals surface area contributed by atoms with Crippen LogP contribution < -0.4 is 0 Å². The Morgan fingerprint density at radius 1 is 1.12 bits per heavy atom. The normalized spacial score (nSPS) is 10.1. The number of aryl methyl sites for hydroxylation is 2. The van der Waals surface area contributed by atoms with Gasteiger partial charge in [0.25, 0.3) is 0 Å². The van der Waals surface area contributed by atoms with Crippen LogP contribution in [0.3, 0.4) is 0 Å². The molecule has 0 aliphatic rings. The van der Waals surface area contributed by atoms with E-state index in [2.05, 4.69) is 26.0 Å². The molecule has 0 radical (unpaired) electrons. The summed E-state index contributed by atoms with van der Waals surface area (Å²) in [6.07, 6.45) is 0. The number of furan rings is 1. The third-order valence-corrected chi connectivity index (χ3v) is 2.28. The van der Waals surface area contributed by atoms with E-state index in [1.807, 2.05) is 19.9 Å².